The first kappa shape index (κ1) is 14.5. The lowest BCUT2D eigenvalue weighted by Crippen LogP contribution is -2.31. The molecule has 0 aromatic heterocycles. The lowest BCUT2D eigenvalue weighted by molar-refractivity contribution is 0.425. The molecule has 1 aromatic carbocycles. The molecule has 1 N–H and O–H groups in total. The molecule has 0 fully saturated rings. The van der Waals surface area contributed by atoms with Crippen molar-refractivity contribution in [2.24, 2.45) is 0 Å². The van der Waals surface area contributed by atoms with Gasteiger partial charge >= 0.3 is 0 Å². The highest BCUT2D eigenvalue weighted by Crippen LogP contribution is 2.20. The van der Waals surface area contributed by atoms with Gasteiger partial charge in [0.1, 0.15) is 5.82 Å². The molecule has 0 spiro atoms. The Hall–Kier alpha value is -0.540. The van der Waals surface area contributed by atoms with Crippen LogP contribution in [0.15, 0.2) is 24.3 Å². The monoisotopic (exact) mass is 255 g/mol. The third-order valence-corrected chi connectivity index (χ3v) is 3.57. The summed E-state index contributed by atoms with van der Waals surface area (Å²) in [4.78, 5) is 0. The quantitative estimate of drug-likeness (QED) is 0.790. The Morgan fingerprint density at radius 2 is 2.06 bits per heavy atom. The van der Waals surface area contributed by atoms with E-state index >= 15 is 0 Å². The van der Waals surface area contributed by atoms with E-state index in [-0.39, 0.29) is 11.9 Å². The van der Waals surface area contributed by atoms with E-state index in [1.807, 2.05) is 23.9 Å². The van der Waals surface area contributed by atoms with Gasteiger partial charge in [0.15, 0.2) is 0 Å². The Kier molecular flexibility index (Phi) is 6.60. The van der Waals surface area contributed by atoms with Gasteiger partial charge < -0.3 is 5.32 Å². The van der Waals surface area contributed by atoms with Crippen molar-refractivity contribution in [3.63, 3.8) is 0 Å². The van der Waals surface area contributed by atoms with E-state index < -0.39 is 0 Å². The minimum atomic E-state index is -0.107. The van der Waals surface area contributed by atoms with Crippen molar-refractivity contribution in [3.8, 4) is 0 Å². The largest absolute Gasteiger partial charge is 0.307 e. The minimum Gasteiger partial charge on any atom is -0.307 e. The zero-order chi connectivity index (χ0) is 12.7. The fourth-order valence-corrected chi connectivity index (χ4v) is 2.50. The standard InChI is InChI=1S/C14H22FNS/c1-4-14(16-11(2)9-10-17-3)12-7-5-6-8-13(12)15/h5-8,11,14,16H,4,9-10H2,1-3H3. The molecule has 0 amide bonds. The highest BCUT2D eigenvalue weighted by Gasteiger charge is 2.15. The molecule has 0 aliphatic rings. The van der Waals surface area contributed by atoms with E-state index in [9.17, 15) is 4.39 Å². The highest BCUT2D eigenvalue weighted by atomic mass is 32.2. The van der Waals surface area contributed by atoms with Crippen molar-refractivity contribution in [2.75, 3.05) is 12.0 Å². The SMILES string of the molecule is CCC(NC(C)CCSC)c1ccccc1F. The Bertz CT molecular complexity index is 330. The third kappa shape index (κ3) is 4.68. The Morgan fingerprint density at radius 3 is 2.65 bits per heavy atom. The molecular formula is C14H22FNS. The van der Waals surface area contributed by atoms with Gasteiger partial charge in [-0.25, -0.2) is 4.39 Å². The van der Waals surface area contributed by atoms with Crippen molar-refractivity contribution in [3.05, 3.63) is 35.6 Å². The minimum absolute atomic E-state index is 0.107. The summed E-state index contributed by atoms with van der Waals surface area (Å²) >= 11 is 1.85. The predicted molar refractivity (Wildman–Crippen MR) is 75.0 cm³/mol. The number of rotatable bonds is 7. The highest BCUT2D eigenvalue weighted by molar-refractivity contribution is 7.98. The van der Waals surface area contributed by atoms with Crippen molar-refractivity contribution in [1.29, 1.82) is 0 Å². The first-order chi connectivity index (χ1) is 8.19. The second-order valence-electron chi connectivity index (χ2n) is 4.33. The van der Waals surface area contributed by atoms with Crippen molar-refractivity contribution < 1.29 is 4.39 Å². The van der Waals surface area contributed by atoms with E-state index in [1.54, 1.807) is 6.07 Å². The van der Waals surface area contributed by atoms with Crippen LogP contribution in [-0.2, 0) is 0 Å². The van der Waals surface area contributed by atoms with Gasteiger partial charge in [0.05, 0.1) is 0 Å². The molecule has 0 heterocycles. The summed E-state index contributed by atoms with van der Waals surface area (Å²) in [5.74, 6) is 1.03. The average Bonchev–Trinajstić information content (AvgIpc) is 2.34. The molecular weight excluding hydrogens is 233 g/mol. The maximum absolute atomic E-state index is 13.7. The van der Waals surface area contributed by atoms with E-state index in [4.69, 9.17) is 0 Å². The normalized spacial score (nSPS) is 14.6. The van der Waals surface area contributed by atoms with E-state index in [0.717, 1.165) is 24.2 Å². The zero-order valence-electron chi connectivity index (χ0n) is 10.9. The lowest BCUT2D eigenvalue weighted by atomic mass is 10.0. The van der Waals surface area contributed by atoms with Crippen LogP contribution in [0.2, 0.25) is 0 Å². The zero-order valence-corrected chi connectivity index (χ0v) is 11.7. The smallest absolute Gasteiger partial charge is 0.127 e. The molecule has 0 saturated heterocycles. The maximum atomic E-state index is 13.7. The summed E-state index contributed by atoms with van der Waals surface area (Å²) in [7, 11) is 0. The predicted octanol–water partition coefficient (Wildman–Crippen LogP) is 4.01. The first-order valence-electron chi connectivity index (χ1n) is 6.18. The number of hydrogen-bond acceptors (Lipinski definition) is 2. The van der Waals surface area contributed by atoms with Gasteiger partial charge in [-0.15, -0.1) is 0 Å². The number of benzene rings is 1. The number of thioether (sulfide) groups is 1. The number of hydrogen-bond donors (Lipinski definition) is 1. The first-order valence-corrected chi connectivity index (χ1v) is 7.57. The van der Waals surface area contributed by atoms with Crippen LogP contribution < -0.4 is 5.32 Å². The van der Waals surface area contributed by atoms with Crippen LogP contribution in [0.25, 0.3) is 0 Å². The topological polar surface area (TPSA) is 12.0 Å². The summed E-state index contributed by atoms with van der Waals surface area (Å²) in [6.07, 6.45) is 4.14. The van der Waals surface area contributed by atoms with Crippen LogP contribution >= 0.6 is 11.8 Å². The van der Waals surface area contributed by atoms with E-state index in [0.29, 0.717) is 6.04 Å². The lowest BCUT2D eigenvalue weighted by Gasteiger charge is -2.23. The molecule has 1 aromatic rings. The van der Waals surface area contributed by atoms with Crippen LogP contribution in [0.4, 0.5) is 4.39 Å². The molecule has 3 heteroatoms. The number of halogens is 1. The van der Waals surface area contributed by atoms with Gasteiger partial charge in [-0.2, -0.15) is 11.8 Å². The molecule has 2 unspecified atom stereocenters. The molecule has 1 rings (SSSR count). The maximum Gasteiger partial charge on any atom is 0.127 e. The van der Waals surface area contributed by atoms with Crippen LogP contribution in [-0.4, -0.2) is 18.1 Å². The van der Waals surface area contributed by atoms with Gasteiger partial charge in [-0.05, 0) is 37.8 Å². The summed E-state index contributed by atoms with van der Waals surface area (Å²) in [5.41, 5.74) is 0.783. The Balaban J connectivity index is 2.62. The second-order valence-corrected chi connectivity index (χ2v) is 5.32. The molecule has 96 valence electrons. The number of nitrogens with one attached hydrogen (secondary N) is 1. The van der Waals surface area contributed by atoms with Gasteiger partial charge in [0.25, 0.3) is 0 Å². The van der Waals surface area contributed by atoms with Crippen LogP contribution in [0, 0.1) is 5.82 Å². The molecule has 2 atom stereocenters. The molecule has 0 aliphatic carbocycles. The van der Waals surface area contributed by atoms with E-state index in [2.05, 4.69) is 25.4 Å². The molecule has 1 nitrogen and oxygen atoms in total. The van der Waals surface area contributed by atoms with Crippen molar-refractivity contribution >= 4 is 11.8 Å². The molecule has 0 bridgehead atoms. The van der Waals surface area contributed by atoms with E-state index in [1.165, 1.54) is 6.07 Å². The fourth-order valence-electron chi connectivity index (χ4n) is 1.91. The second kappa shape index (κ2) is 7.72. The van der Waals surface area contributed by atoms with Gasteiger partial charge in [-0.1, -0.05) is 25.1 Å². The van der Waals surface area contributed by atoms with Crippen LogP contribution in [0.3, 0.4) is 0 Å². The van der Waals surface area contributed by atoms with Gasteiger partial charge in [-0.3, -0.25) is 0 Å². The third-order valence-electron chi connectivity index (χ3n) is 2.93. The summed E-state index contributed by atoms with van der Waals surface area (Å²) in [6, 6.07) is 7.59. The summed E-state index contributed by atoms with van der Waals surface area (Å²) in [6.45, 7) is 4.26. The molecule has 0 aliphatic heterocycles. The Morgan fingerprint density at radius 1 is 1.35 bits per heavy atom. The molecule has 0 radical (unpaired) electrons. The van der Waals surface area contributed by atoms with Gasteiger partial charge in [0, 0.05) is 17.6 Å². The van der Waals surface area contributed by atoms with Crippen LogP contribution in [0.1, 0.15) is 38.3 Å². The fraction of sp³-hybridized carbons (Fsp3) is 0.571. The Labute approximate surface area is 108 Å². The summed E-state index contributed by atoms with van der Waals surface area (Å²) in [5, 5.41) is 3.51. The van der Waals surface area contributed by atoms with Crippen molar-refractivity contribution in [2.45, 2.75) is 38.8 Å². The van der Waals surface area contributed by atoms with Crippen LogP contribution in [0.5, 0.6) is 0 Å². The average molecular weight is 255 g/mol. The molecule has 17 heavy (non-hydrogen) atoms. The van der Waals surface area contributed by atoms with Crippen molar-refractivity contribution in [1.82, 2.24) is 5.32 Å². The van der Waals surface area contributed by atoms with Gasteiger partial charge in [0.2, 0.25) is 0 Å². The summed E-state index contributed by atoms with van der Waals surface area (Å²) < 4.78 is 13.7. The molecule has 0 saturated carbocycles.